The first-order valence-corrected chi connectivity index (χ1v) is 5.47. The summed E-state index contributed by atoms with van der Waals surface area (Å²) in [5.74, 6) is 0. The number of rotatable bonds is 2. The van der Waals surface area contributed by atoms with Crippen molar-refractivity contribution in [2.24, 2.45) is 7.05 Å². The fourth-order valence-electron chi connectivity index (χ4n) is 2.10. The van der Waals surface area contributed by atoms with Crippen molar-refractivity contribution in [3.05, 3.63) is 24.5 Å². The molecular formula is C12H15N3O. The first-order chi connectivity index (χ1) is 7.78. The van der Waals surface area contributed by atoms with Crippen molar-refractivity contribution in [3.63, 3.8) is 0 Å². The van der Waals surface area contributed by atoms with Gasteiger partial charge in [-0.25, -0.2) is 0 Å². The summed E-state index contributed by atoms with van der Waals surface area (Å²) in [7, 11) is 3.81. The van der Waals surface area contributed by atoms with E-state index in [9.17, 15) is 0 Å². The molecule has 0 N–H and O–H groups in total. The molecule has 16 heavy (non-hydrogen) atoms. The maximum Gasteiger partial charge on any atom is 0.0920 e. The van der Waals surface area contributed by atoms with E-state index in [4.69, 9.17) is 4.74 Å². The third-order valence-corrected chi connectivity index (χ3v) is 3.27. The Morgan fingerprint density at radius 3 is 3.00 bits per heavy atom. The van der Waals surface area contributed by atoms with E-state index in [0.29, 0.717) is 6.10 Å². The Labute approximate surface area is 94.4 Å². The fourth-order valence-corrected chi connectivity index (χ4v) is 2.10. The molecule has 0 saturated carbocycles. The highest BCUT2D eigenvalue weighted by Crippen LogP contribution is 2.24. The molecule has 0 aromatic carbocycles. The SMILES string of the molecule is COC1CN(c2cnc3ccn(C)c3c2)C1. The van der Waals surface area contributed by atoms with Crippen molar-refractivity contribution < 1.29 is 4.74 Å². The van der Waals surface area contributed by atoms with Gasteiger partial charge in [0.25, 0.3) is 0 Å². The van der Waals surface area contributed by atoms with E-state index in [2.05, 4.69) is 20.5 Å². The third-order valence-electron chi connectivity index (χ3n) is 3.27. The minimum atomic E-state index is 0.379. The van der Waals surface area contributed by atoms with Crippen molar-refractivity contribution in [3.8, 4) is 0 Å². The molecule has 0 radical (unpaired) electrons. The molecule has 0 amide bonds. The minimum absolute atomic E-state index is 0.379. The molecule has 1 fully saturated rings. The predicted molar refractivity (Wildman–Crippen MR) is 63.7 cm³/mol. The lowest BCUT2D eigenvalue weighted by Gasteiger charge is -2.39. The lowest BCUT2D eigenvalue weighted by Crippen LogP contribution is -2.51. The Morgan fingerprint density at radius 2 is 2.25 bits per heavy atom. The fraction of sp³-hybridized carbons (Fsp3) is 0.417. The Morgan fingerprint density at radius 1 is 1.44 bits per heavy atom. The molecule has 2 aromatic rings. The van der Waals surface area contributed by atoms with E-state index < -0.39 is 0 Å². The van der Waals surface area contributed by atoms with Gasteiger partial charge >= 0.3 is 0 Å². The van der Waals surface area contributed by atoms with E-state index in [0.717, 1.165) is 18.6 Å². The highest BCUT2D eigenvalue weighted by molar-refractivity contribution is 5.79. The lowest BCUT2D eigenvalue weighted by atomic mass is 10.1. The first-order valence-electron chi connectivity index (χ1n) is 5.47. The highest BCUT2D eigenvalue weighted by Gasteiger charge is 2.26. The van der Waals surface area contributed by atoms with Crippen LogP contribution in [0.4, 0.5) is 5.69 Å². The van der Waals surface area contributed by atoms with Crippen LogP contribution in [-0.4, -0.2) is 35.9 Å². The molecule has 0 unspecified atom stereocenters. The average molecular weight is 217 g/mol. The van der Waals surface area contributed by atoms with Crippen LogP contribution in [-0.2, 0) is 11.8 Å². The van der Waals surface area contributed by atoms with Gasteiger partial charge in [-0.1, -0.05) is 0 Å². The molecule has 84 valence electrons. The number of hydrogen-bond donors (Lipinski definition) is 0. The van der Waals surface area contributed by atoms with E-state index >= 15 is 0 Å². The van der Waals surface area contributed by atoms with Gasteiger partial charge in [-0.05, 0) is 12.1 Å². The van der Waals surface area contributed by atoms with Crippen molar-refractivity contribution in [1.29, 1.82) is 0 Å². The van der Waals surface area contributed by atoms with Crippen LogP contribution >= 0.6 is 0 Å². The van der Waals surface area contributed by atoms with Crippen LogP contribution in [0.5, 0.6) is 0 Å². The number of hydrogen-bond acceptors (Lipinski definition) is 3. The second kappa shape index (κ2) is 3.49. The summed E-state index contributed by atoms with van der Waals surface area (Å²) in [5, 5.41) is 0. The van der Waals surface area contributed by atoms with Gasteiger partial charge < -0.3 is 14.2 Å². The van der Waals surface area contributed by atoms with Crippen molar-refractivity contribution in [2.45, 2.75) is 6.10 Å². The van der Waals surface area contributed by atoms with E-state index in [-0.39, 0.29) is 0 Å². The van der Waals surface area contributed by atoms with Gasteiger partial charge in [0.2, 0.25) is 0 Å². The summed E-state index contributed by atoms with van der Waals surface area (Å²) < 4.78 is 7.36. The van der Waals surface area contributed by atoms with Crippen LogP contribution < -0.4 is 4.90 Å². The quantitative estimate of drug-likeness (QED) is 0.762. The van der Waals surface area contributed by atoms with E-state index in [1.165, 1.54) is 11.2 Å². The zero-order valence-electron chi connectivity index (χ0n) is 9.55. The third kappa shape index (κ3) is 1.38. The van der Waals surface area contributed by atoms with Crippen molar-refractivity contribution >= 4 is 16.7 Å². The van der Waals surface area contributed by atoms with Crippen LogP contribution in [0, 0.1) is 0 Å². The molecule has 4 heteroatoms. The number of fused-ring (bicyclic) bond motifs is 1. The molecule has 0 aliphatic carbocycles. The second-order valence-electron chi connectivity index (χ2n) is 4.29. The van der Waals surface area contributed by atoms with Crippen LogP contribution in [0.25, 0.3) is 11.0 Å². The topological polar surface area (TPSA) is 30.3 Å². The van der Waals surface area contributed by atoms with Crippen LogP contribution in [0.15, 0.2) is 24.5 Å². The Balaban J connectivity index is 1.91. The smallest absolute Gasteiger partial charge is 0.0920 e. The number of methoxy groups -OCH3 is 1. The van der Waals surface area contributed by atoms with Gasteiger partial charge in [-0.3, -0.25) is 4.98 Å². The summed E-state index contributed by atoms with van der Waals surface area (Å²) in [6.45, 7) is 1.93. The summed E-state index contributed by atoms with van der Waals surface area (Å²) in [4.78, 5) is 6.74. The molecule has 3 rings (SSSR count). The molecule has 1 aliphatic heterocycles. The average Bonchev–Trinajstić information content (AvgIpc) is 2.59. The maximum absolute atomic E-state index is 5.27. The maximum atomic E-state index is 5.27. The standard InChI is InChI=1S/C12H15N3O/c1-14-4-3-11-12(14)5-9(6-13-11)15-7-10(8-15)16-2/h3-6,10H,7-8H2,1-2H3. The molecule has 4 nitrogen and oxygen atoms in total. The predicted octanol–water partition coefficient (Wildman–Crippen LogP) is 1.41. The van der Waals surface area contributed by atoms with Gasteiger partial charge in [0.15, 0.2) is 0 Å². The Bertz CT molecular complexity index is 514. The second-order valence-corrected chi connectivity index (χ2v) is 4.29. The van der Waals surface area contributed by atoms with Crippen molar-refractivity contribution in [2.75, 3.05) is 25.1 Å². The molecular weight excluding hydrogens is 202 g/mol. The monoisotopic (exact) mass is 217 g/mol. The summed E-state index contributed by atoms with van der Waals surface area (Å²) in [6, 6.07) is 4.22. The first kappa shape index (κ1) is 9.66. The number of ether oxygens (including phenoxy) is 1. The summed E-state index contributed by atoms with van der Waals surface area (Å²) in [6.07, 6.45) is 4.35. The number of aryl methyl sites for hydroxylation is 1. The molecule has 3 heterocycles. The van der Waals surface area contributed by atoms with Crippen LogP contribution in [0.3, 0.4) is 0 Å². The minimum Gasteiger partial charge on any atom is -0.378 e. The summed E-state index contributed by atoms with van der Waals surface area (Å²) >= 11 is 0. The molecule has 1 saturated heterocycles. The molecule has 0 bridgehead atoms. The van der Waals surface area contributed by atoms with Crippen LogP contribution in [0.2, 0.25) is 0 Å². The number of anilines is 1. The van der Waals surface area contributed by atoms with Gasteiger partial charge in [0.05, 0.1) is 29.0 Å². The zero-order chi connectivity index (χ0) is 11.1. The molecule has 0 spiro atoms. The van der Waals surface area contributed by atoms with Gasteiger partial charge in [-0.15, -0.1) is 0 Å². The Hall–Kier alpha value is -1.55. The number of nitrogens with zero attached hydrogens (tertiary/aromatic N) is 3. The van der Waals surface area contributed by atoms with Gasteiger partial charge in [0.1, 0.15) is 0 Å². The van der Waals surface area contributed by atoms with Gasteiger partial charge in [-0.2, -0.15) is 0 Å². The highest BCUT2D eigenvalue weighted by atomic mass is 16.5. The summed E-state index contributed by atoms with van der Waals surface area (Å²) in [5.41, 5.74) is 3.41. The van der Waals surface area contributed by atoms with E-state index in [1.807, 2.05) is 25.5 Å². The molecule has 2 aromatic heterocycles. The molecule has 0 atom stereocenters. The van der Waals surface area contributed by atoms with Crippen LogP contribution in [0.1, 0.15) is 0 Å². The van der Waals surface area contributed by atoms with E-state index in [1.54, 1.807) is 7.11 Å². The van der Waals surface area contributed by atoms with Crippen molar-refractivity contribution in [1.82, 2.24) is 9.55 Å². The number of aromatic nitrogens is 2. The number of pyridine rings is 1. The Kier molecular flexibility index (Phi) is 2.11. The normalized spacial score (nSPS) is 16.8. The molecule has 1 aliphatic rings. The zero-order valence-corrected chi connectivity index (χ0v) is 9.55. The van der Waals surface area contributed by atoms with Gasteiger partial charge in [0, 0.05) is 33.4 Å². The largest absolute Gasteiger partial charge is 0.378 e. The lowest BCUT2D eigenvalue weighted by molar-refractivity contribution is 0.0787.